The third-order valence-corrected chi connectivity index (χ3v) is 2.56. The Morgan fingerprint density at radius 2 is 2.07 bits per heavy atom. The number of amides is 1. The van der Waals surface area contributed by atoms with Crippen molar-refractivity contribution in [3.63, 3.8) is 0 Å². The highest BCUT2D eigenvalue weighted by molar-refractivity contribution is 6.00. The average Bonchev–Trinajstić information content (AvgIpc) is 2.55. The molecule has 0 saturated heterocycles. The number of aromatic nitrogens is 2. The fourth-order valence-corrected chi connectivity index (χ4v) is 1.74. The maximum absolute atomic E-state index is 11.6. The van der Waals surface area contributed by atoms with Gasteiger partial charge in [-0.3, -0.25) is 9.89 Å². The van der Waals surface area contributed by atoms with Crippen molar-refractivity contribution in [2.24, 2.45) is 0 Å². The summed E-state index contributed by atoms with van der Waals surface area (Å²) in [4.78, 5) is 13.6. The van der Waals surface area contributed by atoms with Crippen molar-refractivity contribution in [2.75, 3.05) is 18.6 Å². The van der Waals surface area contributed by atoms with Crippen molar-refractivity contribution in [2.45, 2.75) is 26.2 Å². The molecule has 0 fully saturated rings. The van der Waals surface area contributed by atoms with Gasteiger partial charge in [0.2, 0.25) is 0 Å². The second kappa shape index (κ2) is 2.98. The summed E-state index contributed by atoms with van der Waals surface area (Å²) in [7, 11) is 1.95. The molecule has 0 radical (unpaired) electrons. The number of fused-ring (bicyclic) bond motifs is 1. The van der Waals surface area contributed by atoms with Crippen molar-refractivity contribution in [1.29, 1.82) is 0 Å². The van der Waals surface area contributed by atoms with Crippen molar-refractivity contribution in [1.82, 2.24) is 15.5 Å². The van der Waals surface area contributed by atoms with Crippen LogP contribution in [0.25, 0.3) is 0 Å². The van der Waals surface area contributed by atoms with Gasteiger partial charge in [0.15, 0.2) is 5.69 Å². The second-order valence-corrected chi connectivity index (χ2v) is 4.91. The molecule has 0 saturated carbocycles. The zero-order valence-corrected chi connectivity index (χ0v) is 9.51. The molecule has 5 nitrogen and oxygen atoms in total. The largest absolute Gasteiger partial charge is 0.354 e. The van der Waals surface area contributed by atoms with Crippen molar-refractivity contribution < 1.29 is 4.79 Å². The Bertz CT molecular complexity index is 402. The number of aromatic amines is 1. The first-order chi connectivity index (χ1) is 6.91. The van der Waals surface area contributed by atoms with Crippen LogP contribution in [0.3, 0.4) is 0 Å². The first-order valence-electron chi connectivity index (χ1n) is 4.99. The summed E-state index contributed by atoms with van der Waals surface area (Å²) in [5.74, 6) is -0.102. The number of carbonyl (C=O) groups excluding carboxylic acids is 1. The van der Waals surface area contributed by atoms with Crippen molar-refractivity contribution in [3.8, 4) is 0 Å². The highest BCUT2D eigenvalue weighted by Gasteiger charge is 2.31. The summed E-state index contributed by atoms with van der Waals surface area (Å²) in [5, 5.41) is 9.80. The molecule has 0 atom stereocenters. The zero-order valence-electron chi connectivity index (χ0n) is 9.51. The fraction of sp³-hybridized carbons (Fsp3) is 0.600. The lowest BCUT2D eigenvalue weighted by molar-refractivity contribution is 0.0943. The Hall–Kier alpha value is -1.52. The zero-order chi connectivity index (χ0) is 11.2. The summed E-state index contributed by atoms with van der Waals surface area (Å²) in [6.07, 6.45) is 0. The number of hydrogen-bond acceptors (Lipinski definition) is 3. The van der Waals surface area contributed by atoms with E-state index >= 15 is 0 Å². The SMILES string of the molecule is CN1CNC(=O)c2n[nH]c(C(C)(C)C)c21. The molecule has 82 valence electrons. The van der Waals surface area contributed by atoms with Gasteiger partial charge in [-0.15, -0.1) is 0 Å². The number of nitrogens with one attached hydrogen (secondary N) is 2. The van der Waals surface area contributed by atoms with E-state index in [1.807, 2.05) is 11.9 Å². The Morgan fingerprint density at radius 3 is 2.67 bits per heavy atom. The minimum absolute atomic E-state index is 0.0353. The number of rotatable bonds is 0. The molecule has 2 heterocycles. The van der Waals surface area contributed by atoms with Crippen LogP contribution in [-0.2, 0) is 5.41 Å². The molecular formula is C10H16N4O. The summed E-state index contributed by atoms with van der Waals surface area (Å²) in [6, 6.07) is 0. The van der Waals surface area contributed by atoms with E-state index in [0.29, 0.717) is 12.4 Å². The van der Waals surface area contributed by atoms with Crippen molar-refractivity contribution >= 4 is 11.6 Å². The Kier molecular flexibility index (Phi) is 1.99. The summed E-state index contributed by atoms with van der Waals surface area (Å²) in [6.45, 7) is 6.83. The van der Waals surface area contributed by atoms with E-state index in [9.17, 15) is 4.79 Å². The van der Waals surface area contributed by atoms with Crippen LogP contribution in [0.5, 0.6) is 0 Å². The van der Waals surface area contributed by atoms with Gasteiger partial charge in [-0.25, -0.2) is 0 Å². The highest BCUT2D eigenvalue weighted by atomic mass is 16.2. The molecule has 0 aromatic carbocycles. The van der Waals surface area contributed by atoms with E-state index in [1.54, 1.807) is 0 Å². The molecule has 15 heavy (non-hydrogen) atoms. The second-order valence-electron chi connectivity index (χ2n) is 4.91. The quantitative estimate of drug-likeness (QED) is 0.664. The first kappa shape index (κ1) is 10.0. The fourth-order valence-electron chi connectivity index (χ4n) is 1.74. The lowest BCUT2D eigenvalue weighted by Crippen LogP contribution is -2.41. The smallest absolute Gasteiger partial charge is 0.275 e. The van der Waals surface area contributed by atoms with Gasteiger partial charge in [-0.1, -0.05) is 20.8 Å². The molecule has 1 aromatic heterocycles. The number of nitrogens with zero attached hydrogens (tertiary/aromatic N) is 2. The monoisotopic (exact) mass is 208 g/mol. The molecule has 2 rings (SSSR count). The van der Waals surface area contributed by atoms with Crippen LogP contribution in [-0.4, -0.2) is 29.8 Å². The minimum atomic E-state index is -0.102. The predicted molar refractivity (Wildman–Crippen MR) is 58.0 cm³/mol. The average molecular weight is 208 g/mol. The molecular weight excluding hydrogens is 192 g/mol. The van der Waals surface area contributed by atoms with Gasteiger partial charge in [0.1, 0.15) is 0 Å². The van der Waals surface area contributed by atoms with Crippen LogP contribution in [0, 0.1) is 0 Å². The lowest BCUT2D eigenvalue weighted by atomic mass is 9.90. The molecule has 1 aliphatic rings. The molecule has 0 aliphatic carbocycles. The number of anilines is 1. The molecule has 0 unspecified atom stereocenters. The van der Waals surface area contributed by atoms with Crippen molar-refractivity contribution in [3.05, 3.63) is 11.4 Å². The van der Waals surface area contributed by atoms with Crippen LogP contribution in [0.1, 0.15) is 37.0 Å². The van der Waals surface area contributed by atoms with E-state index in [0.717, 1.165) is 11.4 Å². The summed E-state index contributed by atoms with van der Waals surface area (Å²) < 4.78 is 0. The van der Waals surface area contributed by atoms with Gasteiger partial charge in [0.25, 0.3) is 5.91 Å². The van der Waals surface area contributed by atoms with Crippen LogP contribution in [0.15, 0.2) is 0 Å². The van der Waals surface area contributed by atoms with E-state index in [1.165, 1.54) is 0 Å². The Labute approximate surface area is 88.8 Å². The van der Waals surface area contributed by atoms with Gasteiger partial charge in [0, 0.05) is 12.5 Å². The van der Waals surface area contributed by atoms with E-state index in [4.69, 9.17) is 0 Å². The molecule has 1 aromatic rings. The summed E-state index contributed by atoms with van der Waals surface area (Å²) in [5.41, 5.74) is 2.39. The van der Waals surface area contributed by atoms with Gasteiger partial charge in [-0.05, 0) is 0 Å². The molecule has 5 heteroatoms. The van der Waals surface area contributed by atoms with E-state index in [2.05, 4.69) is 36.3 Å². The van der Waals surface area contributed by atoms with Gasteiger partial charge in [0.05, 0.1) is 18.1 Å². The van der Waals surface area contributed by atoms with E-state index < -0.39 is 0 Å². The highest BCUT2D eigenvalue weighted by Crippen LogP contribution is 2.33. The number of H-pyrrole nitrogens is 1. The standard InChI is InChI=1S/C10H16N4O/c1-10(2,3)8-7-6(12-13-8)9(15)11-5-14(7)4/h5H2,1-4H3,(H,11,15)(H,12,13). The topological polar surface area (TPSA) is 61.0 Å². The van der Waals surface area contributed by atoms with Crippen LogP contribution >= 0.6 is 0 Å². The Morgan fingerprint density at radius 1 is 1.40 bits per heavy atom. The third kappa shape index (κ3) is 1.48. The van der Waals surface area contributed by atoms with E-state index in [-0.39, 0.29) is 11.3 Å². The van der Waals surface area contributed by atoms with Gasteiger partial charge < -0.3 is 10.2 Å². The molecule has 1 amide bonds. The number of carbonyl (C=O) groups is 1. The molecule has 0 bridgehead atoms. The van der Waals surface area contributed by atoms with Crippen LogP contribution < -0.4 is 10.2 Å². The molecule has 0 spiro atoms. The maximum Gasteiger partial charge on any atom is 0.275 e. The summed E-state index contributed by atoms with van der Waals surface area (Å²) >= 11 is 0. The lowest BCUT2D eigenvalue weighted by Gasteiger charge is -2.28. The maximum atomic E-state index is 11.6. The normalized spacial score (nSPS) is 16.3. The van der Waals surface area contributed by atoms with Crippen LogP contribution in [0.2, 0.25) is 0 Å². The Balaban J connectivity index is 2.58. The van der Waals surface area contributed by atoms with Crippen LogP contribution in [0.4, 0.5) is 5.69 Å². The van der Waals surface area contributed by atoms with Gasteiger partial charge >= 0.3 is 0 Å². The van der Waals surface area contributed by atoms with Gasteiger partial charge in [-0.2, -0.15) is 5.10 Å². The predicted octanol–water partition coefficient (Wildman–Crippen LogP) is 0.844. The first-order valence-corrected chi connectivity index (χ1v) is 4.99. The molecule has 2 N–H and O–H groups in total. The third-order valence-electron chi connectivity index (χ3n) is 2.56. The number of hydrogen-bond donors (Lipinski definition) is 2. The molecule has 1 aliphatic heterocycles. The minimum Gasteiger partial charge on any atom is -0.354 e.